The third-order valence-electron chi connectivity index (χ3n) is 4.66. The Balaban J connectivity index is 1.41. The van der Waals surface area contributed by atoms with Gasteiger partial charge in [-0.15, -0.1) is 0 Å². The van der Waals surface area contributed by atoms with Crippen molar-refractivity contribution in [3.63, 3.8) is 0 Å². The van der Waals surface area contributed by atoms with Crippen LogP contribution in [0.3, 0.4) is 0 Å². The summed E-state index contributed by atoms with van der Waals surface area (Å²) in [4.78, 5) is 4.61. The summed E-state index contributed by atoms with van der Waals surface area (Å²) in [5, 5.41) is 10.6. The van der Waals surface area contributed by atoms with E-state index in [1.807, 2.05) is 30.3 Å². The highest BCUT2D eigenvalue weighted by Gasteiger charge is 2.21. The molecule has 0 saturated carbocycles. The van der Waals surface area contributed by atoms with E-state index in [0.717, 1.165) is 49.7 Å². The van der Waals surface area contributed by atoms with Crippen LogP contribution in [0.4, 0.5) is 5.69 Å². The lowest BCUT2D eigenvalue weighted by Crippen LogP contribution is -2.46. The number of para-hydroxylation sites is 2. The molecule has 2 aliphatic rings. The summed E-state index contributed by atoms with van der Waals surface area (Å²) in [6, 6.07) is 11.5. The monoisotopic (exact) mass is 360 g/mol. The van der Waals surface area contributed by atoms with Crippen molar-refractivity contribution in [2.45, 2.75) is 6.54 Å². The maximum Gasteiger partial charge on any atom is 0.179 e. The summed E-state index contributed by atoms with van der Waals surface area (Å²) in [7, 11) is 0. The molecule has 0 aromatic heterocycles. The summed E-state index contributed by atoms with van der Waals surface area (Å²) >= 11 is 6.33. The molecule has 132 valence electrons. The Labute approximate surface area is 152 Å². The molecular weight excluding hydrogens is 340 g/mol. The molecule has 0 aliphatic carbocycles. The maximum absolute atomic E-state index is 10.0. The Morgan fingerprint density at radius 2 is 1.76 bits per heavy atom. The van der Waals surface area contributed by atoms with Gasteiger partial charge in [-0.2, -0.15) is 0 Å². The van der Waals surface area contributed by atoms with Gasteiger partial charge in [0, 0.05) is 32.7 Å². The lowest BCUT2D eigenvalue weighted by atomic mass is 10.1. The van der Waals surface area contributed by atoms with E-state index in [2.05, 4.69) is 9.80 Å². The molecule has 0 unspecified atom stereocenters. The molecule has 0 bridgehead atoms. The Kier molecular flexibility index (Phi) is 4.59. The first-order valence-corrected chi connectivity index (χ1v) is 8.92. The van der Waals surface area contributed by atoms with Gasteiger partial charge in [0.1, 0.15) is 19.0 Å². The van der Waals surface area contributed by atoms with Gasteiger partial charge in [-0.25, -0.2) is 0 Å². The van der Waals surface area contributed by atoms with E-state index in [0.29, 0.717) is 29.7 Å². The second-order valence-corrected chi connectivity index (χ2v) is 6.76. The first-order valence-electron chi connectivity index (χ1n) is 8.54. The summed E-state index contributed by atoms with van der Waals surface area (Å²) in [6.45, 7) is 5.56. The van der Waals surface area contributed by atoms with Crippen LogP contribution in [0.5, 0.6) is 17.2 Å². The van der Waals surface area contributed by atoms with E-state index < -0.39 is 0 Å². The van der Waals surface area contributed by atoms with E-state index in [4.69, 9.17) is 21.1 Å². The van der Waals surface area contributed by atoms with Crippen LogP contribution < -0.4 is 14.4 Å². The zero-order valence-corrected chi connectivity index (χ0v) is 14.7. The molecule has 1 fully saturated rings. The predicted molar refractivity (Wildman–Crippen MR) is 98.0 cm³/mol. The van der Waals surface area contributed by atoms with E-state index in [-0.39, 0.29) is 0 Å². The van der Waals surface area contributed by atoms with Gasteiger partial charge < -0.3 is 19.5 Å². The van der Waals surface area contributed by atoms with Crippen LogP contribution >= 0.6 is 11.6 Å². The van der Waals surface area contributed by atoms with Gasteiger partial charge in [-0.3, -0.25) is 4.90 Å². The number of hydrogen-bond acceptors (Lipinski definition) is 5. The van der Waals surface area contributed by atoms with Crippen LogP contribution in [-0.4, -0.2) is 49.4 Å². The molecule has 2 aromatic carbocycles. The lowest BCUT2D eigenvalue weighted by Gasteiger charge is -2.36. The number of nitrogens with zero attached hydrogens (tertiary/aromatic N) is 2. The van der Waals surface area contributed by atoms with Gasteiger partial charge in [-0.05, 0) is 29.8 Å². The van der Waals surface area contributed by atoms with Crippen LogP contribution in [0, 0.1) is 0 Å². The van der Waals surface area contributed by atoms with E-state index in [1.165, 1.54) is 0 Å². The number of halogens is 1. The zero-order valence-electron chi connectivity index (χ0n) is 13.9. The summed E-state index contributed by atoms with van der Waals surface area (Å²) in [6.07, 6.45) is 0. The highest BCUT2D eigenvalue weighted by atomic mass is 35.5. The standard InChI is InChI=1S/C19H21ClN2O3/c20-15-11-14(12-18-19(15)25-10-9-24-18)13-21-5-7-22(8-6-21)16-3-1-2-4-17(16)23/h1-4,11-12,23H,5-10,13H2. The van der Waals surface area contributed by atoms with Crippen LogP contribution in [0.2, 0.25) is 5.02 Å². The number of phenolic OH excluding ortho intramolecular Hbond substituents is 1. The number of piperazine rings is 1. The molecule has 5 nitrogen and oxygen atoms in total. The normalized spacial score (nSPS) is 17.6. The molecule has 2 aromatic rings. The van der Waals surface area contributed by atoms with E-state index in [1.54, 1.807) is 6.07 Å². The number of phenols is 1. The molecule has 2 heterocycles. The quantitative estimate of drug-likeness (QED) is 0.911. The first kappa shape index (κ1) is 16.4. The molecule has 0 atom stereocenters. The maximum atomic E-state index is 10.0. The third-order valence-corrected chi connectivity index (χ3v) is 4.94. The zero-order chi connectivity index (χ0) is 17.2. The fourth-order valence-corrected chi connectivity index (χ4v) is 3.68. The lowest BCUT2D eigenvalue weighted by molar-refractivity contribution is 0.171. The fourth-order valence-electron chi connectivity index (χ4n) is 3.39. The van der Waals surface area contributed by atoms with Gasteiger partial charge in [0.15, 0.2) is 11.5 Å². The number of rotatable bonds is 3. The van der Waals surface area contributed by atoms with Gasteiger partial charge in [-0.1, -0.05) is 23.7 Å². The number of hydrogen-bond donors (Lipinski definition) is 1. The Morgan fingerprint density at radius 3 is 2.56 bits per heavy atom. The molecule has 1 saturated heterocycles. The summed E-state index contributed by atoms with van der Waals surface area (Å²) in [5.74, 6) is 1.73. The van der Waals surface area contributed by atoms with E-state index >= 15 is 0 Å². The Hall–Kier alpha value is -2.11. The molecule has 1 N–H and O–H groups in total. The average Bonchev–Trinajstić information content (AvgIpc) is 2.63. The van der Waals surface area contributed by atoms with E-state index in [9.17, 15) is 5.11 Å². The number of benzene rings is 2. The molecule has 0 radical (unpaired) electrons. The van der Waals surface area contributed by atoms with Crippen molar-refractivity contribution < 1.29 is 14.6 Å². The van der Waals surface area contributed by atoms with Gasteiger partial charge in [0.2, 0.25) is 0 Å². The number of fused-ring (bicyclic) bond motifs is 1. The van der Waals surface area contributed by atoms with Crippen LogP contribution in [-0.2, 0) is 6.54 Å². The smallest absolute Gasteiger partial charge is 0.179 e. The highest BCUT2D eigenvalue weighted by molar-refractivity contribution is 6.32. The molecule has 0 amide bonds. The van der Waals surface area contributed by atoms with Crippen LogP contribution in [0.1, 0.15) is 5.56 Å². The minimum atomic E-state index is 0.342. The Bertz CT molecular complexity index is 760. The minimum absolute atomic E-state index is 0.342. The summed E-state index contributed by atoms with van der Waals surface area (Å²) in [5.41, 5.74) is 2.04. The van der Waals surface area contributed by atoms with Crippen molar-refractivity contribution in [1.82, 2.24) is 4.90 Å². The first-order chi connectivity index (χ1) is 12.2. The van der Waals surface area contributed by atoms with Crippen molar-refractivity contribution >= 4 is 17.3 Å². The SMILES string of the molecule is Oc1ccccc1N1CCN(Cc2cc(Cl)c3c(c2)OCCO3)CC1. The molecule has 2 aliphatic heterocycles. The van der Waals surface area contributed by atoms with Gasteiger partial charge >= 0.3 is 0 Å². The van der Waals surface area contributed by atoms with Crippen molar-refractivity contribution in [2.75, 3.05) is 44.3 Å². The third kappa shape index (κ3) is 3.48. The Morgan fingerprint density at radius 1 is 1.00 bits per heavy atom. The second kappa shape index (κ2) is 7.02. The van der Waals surface area contributed by atoms with Crippen molar-refractivity contribution in [3.8, 4) is 17.2 Å². The average molecular weight is 361 g/mol. The highest BCUT2D eigenvalue weighted by Crippen LogP contribution is 2.38. The number of anilines is 1. The van der Waals surface area contributed by atoms with Crippen molar-refractivity contribution in [2.24, 2.45) is 0 Å². The molecule has 4 rings (SSSR count). The van der Waals surface area contributed by atoms with Gasteiger partial charge in [0.05, 0.1) is 10.7 Å². The molecule has 6 heteroatoms. The molecule has 0 spiro atoms. The predicted octanol–water partition coefficient (Wildman–Crippen LogP) is 3.14. The topological polar surface area (TPSA) is 45.2 Å². The fraction of sp³-hybridized carbons (Fsp3) is 0.368. The minimum Gasteiger partial charge on any atom is -0.506 e. The number of aromatic hydroxyl groups is 1. The summed E-state index contributed by atoms with van der Waals surface area (Å²) < 4.78 is 11.2. The second-order valence-electron chi connectivity index (χ2n) is 6.35. The molecular formula is C19H21ClN2O3. The molecule has 25 heavy (non-hydrogen) atoms. The van der Waals surface area contributed by atoms with Crippen LogP contribution in [0.15, 0.2) is 36.4 Å². The largest absolute Gasteiger partial charge is 0.506 e. The van der Waals surface area contributed by atoms with Gasteiger partial charge in [0.25, 0.3) is 0 Å². The van der Waals surface area contributed by atoms with Crippen molar-refractivity contribution in [3.05, 3.63) is 47.0 Å². The number of ether oxygens (including phenoxy) is 2. The van der Waals surface area contributed by atoms with Crippen molar-refractivity contribution in [1.29, 1.82) is 0 Å². The van der Waals surface area contributed by atoms with Crippen LogP contribution in [0.25, 0.3) is 0 Å².